The molecule has 1 fully saturated rings. The van der Waals surface area contributed by atoms with Crippen LogP contribution in [0, 0.1) is 18.8 Å². The first-order valence-corrected chi connectivity index (χ1v) is 10.8. The molecule has 3 heterocycles. The van der Waals surface area contributed by atoms with Crippen molar-refractivity contribution in [3.63, 3.8) is 0 Å². The Bertz CT molecular complexity index is 1080. The lowest BCUT2D eigenvalue weighted by molar-refractivity contribution is 0.222. The number of benzene rings is 1. The van der Waals surface area contributed by atoms with Crippen LogP contribution < -0.4 is 0 Å². The summed E-state index contributed by atoms with van der Waals surface area (Å²) in [6.07, 6.45) is 4.97. The van der Waals surface area contributed by atoms with E-state index in [1.54, 1.807) is 22.5 Å². The van der Waals surface area contributed by atoms with Crippen LogP contribution in [-0.2, 0) is 10.0 Å². The highest BCUT2D eigenvalue weighted by Crippen LogP contribution is 2.29. The third kappa shape index (κ3) is 3.39. The van der Waals surface area contributed by atoms with Gasteiger partial charge in [-0.1, -0.05) is 32.0 Å². The summed E-state index contributed by atoms with van der Waals surface area (Å²) in [5.41, 5.74) is 3.57. The Labute approximate surface area is 160 Å². The number of sulfonamides is 1. The number of imidazole rings is 1. The van der Waals surface area contributed by atoms with Crippen molar-refractivity contribution in [1.82, 2.24) is 13.7 Å². The van der Waals surface area contributed by atoms with Gasteiger partial charge < -0.3 is 4.40 Å². The number of hydrogen-bond donors (Lipinski definition) is 0. The Morgan fingerprint density at radius 1 is 1.07 bits per heavy atom. The molecule has 0 spiro atoms. The Kier molecular flexibility index (Phi) is 4.56. The van der Waals surface area contributed by atoms with Crippen LogP contribution in [0.25, 0.3) is 16.9 Å². The van der Waals surface area contributed by atoms with E-state index >= 15 is 0 Å². The number of hydrogen-bond acceptors (Lipinski definition) is 3. The SMILES string of the molecule is Cc1cccn2cc(-c3cccc(S(=O)(=O)N4CC(C)CC(C)C4)c3)nc12. The second kappa shape index (κ2) is 6.77. The van der Waals surface area contributed by atoms with E-state index in [-0.39, 0.29) is 0 Å². The van der Waals surface area contributed by atoms with E-state index in [0.29, 0.717) is 29.8 Å². The molecular weight excluding hydrogens is 358 g/mol. The lowest BCUT2D eigenvalue weighted by atomic mass is 9.94. The van der Waals surface area contributed by atoms with Crippen molar-refractivity contribution < 1.29 is 8.42 Å². The van der Waals surface area contributed by atoms with Gasteiger partial charge in [-0.25, -0.2) is 13.4 Å². The van der Waals surface area contributed by atoms with Crippen LogP contribution >= 0.6 is 0 Å². The molecular formula is C21H25N3O2S. The van der Waals surface area contributed by atoms with Crippen molar-refractivity contribution in [2.75, 3.05) is 13.1 Å². The molecule has 2 aromatic heterocycles. The molecule has 0 amide bonds. The summed E-state index contributed by atoms with van der Waals surface area (Å²) >= 11 is 0. The molecule has 27 heavy (non-hydrogen) atoms. The van der Waals surface area contributed by atoms with E-state index in [0.717, 1.165) is 28.9 Å². The molecule has 0 bridgehead atoms. The van der Waals surface area contributed by atoms with E-state index in [2.05, 4.69) is 13.8 Å². The van der Waals surface area contributed by atoms with E-state index in [1.807, 2.05) is 41.9 Å². The molecule has 1 aliphatic rings. The normalized spacial score (nSPS) is 21.6. The van der Waals surface area contributed by atoms with Crippen molar-refractivity contribution in [3.05, 3.63) is 54.4 Å². The first-order chi connectivity index (χ1) is 12.8. The summed E-state index contributed by atoms with van der Waals surface area (Å²) in [7, 11) is -3.50. The predicted octanol–water partition coefficient (Wildman–Crippen LogP) is 3.98. The summed E-state index contributed by atoms with van der Waals surface area (Å²) in [5, 5.41) is 0. The van der Waals surface area contributed by atoms with Crippen molar-refractivity contribution in [3.8, 4) is 11.3 Å². The van der Waals surface area contributed by atoms with Crippen LogP contribution in [0.5, 0.6) is 0 Å². The fourth-order valence-electron chi connectivity index (χ4n) is 4.06. The van der Waals surface area contributed by atoms with Gasteiger partial charge in [0.05, 0.1) is 10.6 Å². The molecule has 4 rings (SSSR count). The molecule has 2 atom stereocenters. The lowest BCUT2D eigenvalue weighted by Gasteiger charge is -2.34. The van der Waals surface area contributed by atoms with Gasteiger partial charge in [-0.05, 0) is 48.9 Å². The molecule has 1 aromatic carbocycles. The maximum Gasteiger partial charge on any atom is 0.243 e. The summed E-state index contributed by atoms with van der Waals surface area (Å²) in [5.74, 6) is 0.765. The van der Waals surface area contributed by atoms with E-state index in [1.165, 1.54) is 0 Å². The standard InChI is InChI=1S/C21H25N3O2S/c1-15-10-16(2)13-24(12-15)27(25,26)19-8-4-7-18(11-19)20-14-23-9-5-6-17(3)21(23)22-20/h4-9,11,14-16H,10,12-13H2,1-3H3. The van der Waals surface area contributed by atoms with Crippen molar-refractivity contribution in [2.24, 2.45) is 11.8 Å². The Hall–Kier alpha value is -2.18. The molecule has 0 N–H and O–H groups in total. The second-order valence-electron chi connectivity index (χ2n) is 7.84. The van der Waals surface area contributed by atoms with Crippen LogP contribution in [0.15, 0.2) is 53.7 Å². The fourth-order valence-corrected chi connectivity index (χ4v) is 5.79. The van der Waals surface area contributed by atoms with Crippen LogP contribution in [0.4, 0.5) is 0 Å². The fraction of sp³-hybridized carbons (Fsp3) is 0.381. The van der Waals surface area contributed by atoms with Gasteiger partial charge in [-0.15, -0.1) is 0 Å². The zero-order valence-electron chi connectivity index (χ0n) is 16.0. The molecule has 5 nitrogen and oxygen atoms in total. The molecule has 0 radical (unpaired) electrons. The number of aromatic nitrogens is 2. The molecule has 1 aliphatic heterocycles. The summed E-state index contributed by atoms with van der Waals surface area (Å²) < 4.78 is 30.0. The summed E-state index contributed by atoms with van der Waals surface area (Å²) in [4.78, 5) is 5.04. The van der Waals surface area contributed by atoms with Crippen molar-refractivity contribution in [2.45, 2.75) is 32.1 Å². The highest BCUT2D eigenvalue weighted by Gasteiger charge is 2.31. The molecule has 0 aliphatic carbocycles. The van der Waals surface area contributed by atoms with Gasteiger partial charge in [-0.3, -0.25) is 0 Å². The van der Waals surface area contributed by atoms with Crippen LogP contribution in [-0.4, -0.2) is 35.2 Å². The maximum absolute atomic E-state index is 13.2. The largest absolute Gasteiger partial charge is 0.306 e. The predicted molar refractivity (Wildman–Crippen MR) is 107 cm³/mol. The lowest BCUT2D eigenvalue weighted by Crippen LogP contribution is -2.42. The zero-order valence-corrected chi connectivity index (χ0v) is 16.8. The second-order valence-corrected chi connectivity index (χ2v) is 9.78. The number of nitrogens with zero attached hydrogens (tertiary/aromatic N) is 3. The number of pyridine rings is 1. The Morgan fingerprint density at radius 3 is 2.52 bits per heavy atom. The van der Waals surface area contributed by atoms with Gasteiger partial charge in [0.2, 0.25) is 10.0 Å². The van der Waals surface area contributed by atoms with Crippen molar-refractivity contribution in [1.29, 1.82) is 0 Å². The quantitative estimate of drug-likeness (QED) is 0.687. The monoisotopic (exact) mass is 383 g/mol. The highest BCUT2D eigenvalue weighted by molar-refractivity contribution is 7.89. The Morgan fingerprint density at radius 2 is 1.81 bits per heavy atom. The van der Waals surface area contributed by atoms with E-state index < -0.39 is 10.0 Å². The average Bonchev–Trinajstić information content (AvgIpc) is 3.07. The topological polar surface area (TPSA) is 54.7 Å². The van der Waals surface area contributed by atoms with Gasteiger partial charge >= 0.3 is 0 Å². The number of piperidine rings is 1. The maximum atomic E-state index is 13.2. The smallest absolute Gasteiger partial charge is 0.243 e. The van der Waals surface area contributed by atoms with Crippen LogP contribution in [0.2, 0.25) is 0 Å². The third-order valence-corrected chi connectivity index (χ3v) is 7.11. The molecule has 1 saturated heterocycles. The summed E-state index contributed by atoms with van der Waals surface area (Å²) in [6, 6.07) is 11.1. The Balaban J connectivity index is 1.72. The molecule has 6 heteroatoms. The summed E-state index contributed by atoms with van der Waals surface area (Å²) in [6.45, 7) is 7.43. The highest BCUT2D eigenvalue weighted by atomic mass is 32.2. The van der Waals surface area contributed by atoms with Gasteiger partial charge in [0, 0.05) is 31.0 Å². The van der Waals surface area contributed by atoms with Crippen molar-refractivity contribution >= 4 is 15.7 Å². The van der Waals surface area contributed by atoms with Gasteiger partial charge in [0.1, 0.15) is 5.65 Å². The first-order valence-electron chi connectivity index (χ1n) is 9.39. The molecule has 142 valence electrons. The number of aryl methyl sites for hydroxylation is 1. The molecule has 2 unspecified atom stereocenters. The number of fused-ring (bicyclic) bond motifs is 1. The first kappa shape index (κ1) is 18.2. The minimum atomic E-state index is -3.50. The number of rotatable bonds is 3. The zero-order chi connectivity index (χ0) is 19.2. The average molecular weight is 384 g/mol. The molecule has 3 aromatic rings. The minimum absolute atomic E-state index is 0.343. The van der Waals surface area contributed by atoms with Gasteiger partial charge in [-0.2, -0.15) is 4.31 Å². The van der Waals surface area contributed by atoms with Crippen LogP contribution in [0.3, 0.4) is 0 Å². The van der Waals surface area contributed by atoms with Gasteiger partial charge in [0.15, 0.2) is 0 Å². The minimum Gasteiger partial charge on any atom is -0.306 e. The molecule has 0 saturated carbocycles. The van der Waals surface area contributed by atoms with Crippen LogP contribution in [0.1, 0.15) is 25.8 Å². The third-order valence-electron chi connectivity index (χ3n) is 5.28. The van der Waals surface area contributed by atoms with E-state index in [4.69, 9.17) is 4.98 Å². The van der Waals surface area contributed by atoms with Gasteiger partial charge in [0.25, 0.3) is 0 Å². The van der Waals surface area contributed by atoms with E-state index in [9.17, 15) is 8.42 Å².